The van der Waals surface area contributed by atoms with E-state index in [1.165, 1.54) is 45.2 Å². The summed E-state index contributed by atoms with van der Waals surface area (Å²) in [5.74, 6) is -1.80. The lowest BCUT2D eigenvalue weighted by Crippen LogP contribution is -2.41. The van der Waals surface area contributed by atoms with E-state index in [1.54, 1.807) is 24.3 Å². The predicted octanol–water partition coefficient (Wildman–Crippen LogP) is 2.63. The second kappa shape index (κ2) is 9.68. The molecule has 1 N–H and O–H groups in total. The highest BCUT2D eigenvalue weighted by molar-refractivity contribution is 5.89. The summed E-state index contributed by atoms with van der Waals surface area (Å²) < 4.78 is 28.1. The molecule has 2 rings (SSSR count). The molecule has 0 fully saturated rings. The van der Waals surface area contributed by atoms with E-state index in [1.807, 2.05) is 0 Å². The van der Waals surface area contributed by atoms with Gasteiger partial charge < -0.3 is 19.5 Å². The number of amides is 1. The summed E-state index contributed by atoms with van der Waals surface area (Å²) in [6, 6.07) is 11.7. The van der Waals surface area contributed by atoms with Crippen molar-refractivity contribution in [2.75, 3.05) is 13.7 Å². The van der Waals surface area contributed by atoms with Crippen molar-refractivity contribution < 1.29 is 33.0 Å². The third-order valence-electron chi connectivity index (χ3n) is 3.88. The van der Waals surface area contributed by atoms with Gasteiger partial charge in [-0.25, -0.2) is 14.0 Å². The molecule has 0 unspecified atom stereocenters. The van der Waals surface area contributed by atoms with Crippen LogP contribution >= 0.6 is 0 Å². The molecule has 2 aromatic rings. The summed E-state index contributed by atoms with van der Waals surface area (Å²) in [4.78, 5) is 35.5. The molecule has 1 amide bonds. The Morgan fingerprint density at radius 2 is 1.62 bits per heavy atom. The number of halogens is 1. The van der Waals surface area contributed by atoms with E-state index in [9.17, 15) is 18.8 Å². The Balaban J connectivity index is 1.79. The quantitative estimate of drug-likeness (QED) is 0.682. The number of carbonyl (C=O) groups excluding carboxylic acids is 3. The van der Waals surface area contributed by atoms with Crippen LogP contribution in [0.3, 0.4) is 0 Å². The third-order valence-corrected chi connectivity index (χ3v) is 3.88. The van der Waals surface area contributed by atoms with Crippen LogP contribution < -0.4 is 10.1 Å². The zero-order valence-electron chi connectivity index (χ0n) is 16.4. The molecule has 29 heavy (non-hydrogen) atoms. The number of hydrogen-bond donors (Lipinski definition) is 1. The van der Waals surface area contributed by atoms with E-state index < -0.39 is 35.9 Å². The van der Waals surface area contributed by atoms with Crippen molar-refractivity contribution in [1.82, 2.24) is 5.32 Å². The van der Waals surface area contributed by atoms with E-state index >= 15 is 0 Å². The van der Waals surface area contributed by atoms with Gasteiger partial charge in [0.25, 0.3) is 5.91 Å². The number of esters is 2. The summed E-state index contributed by atoms with van der Waals surface area (Å²) in [7, 11) is 1.30. The number of nitrogens with one attached hydrogen (secondary N) is 1. The van der Waals surface area contributed by atoms with Crippen LogP contribution in [0, 0.1) is 5.82 Å². The topological polar surface area (TPSA) is 90.9 Å². The molecule has 0 saturated heterocycles. The van der Waals surface area contributed by atoms with Crippen molar-refractivity contribution in [1.29, 1.82) is 0 Å². The maximum atomic E-state index is 12.9. The number of ether oxygens (including phenoxy) is 3. The van der Waals surface area contributed by atoms with Gasteiger partial charge in [-0.15, -0.1) is 0 Å². The van der Waals surface area contributed by atoms with Crippen molar-refractivity contribution in [2.45, 2.75) is 26.0 Å². The highest BCUT2D eigenvalue weighted by Gasteiger charge is 2.32. The Morgan fingerprint density at radius 1 is 1.00 bits per heavy atom. The Morgan fingerprint density at radius 3 is 2.21 bits per heavy atom. The van der Waals surface area contributed by atoms with Crippen molar-refractivity contribution in [3.8, 4) is 5.75 Å². The van der Waals surface area contributed by atoms with Gasteiger partial charge in [0.05, 0.1) is 12.7 Å². The van der Waals surface area contributed by atoms with Gasteiger partial charge in [0, 0.05) is 6.54 Å². The molecule has 0 saturated carbocycles. The number of benzene rings is 2. The molecule has 0 radical (unpaired) electrons. The number of hydrogen-bond acceptors (Lipinski definition) is 6. The molecule has 0 aromatic heterocycles. The van der Waals surface area contributed by atoms with Crippen LogP contribution in [0.4, 0.5) is 4.39 Å². The molecule has 0 heterocycles. The molecule has 0 bridgehead atoms. The molecule has 0 spiro atoms. The lowest BCUT2D eigenvalue weighted by molar-refractivity contribution is -0.162. The first-order chi connectivity index (χ1) is 13.7. The van der Waals surface area contributed by atoms with Crippen molar-refractivity contribution >= 4 is 17.8 Å². The largest absolute Gasteiger partial charge is 0.476 e. The second-order valence-electron chi connectivity index (χ2n) is 6.61. The van der Waals surface area contributed by atoms with Crippen LogP contribution in [0.25, 0.3) is 0 Å². The smallest absolute Gasteiger partial charge is 0.350 e. The van der Waals surface area contributed by atoms with Crippen molar-refractivity contribution in [3.05, 3.63) is 65.5 Å². The van der Waals surface area contributed by atoms with Crippen LogP contribution in [-0.4, -0.2) is 37.2 Å². The van der Waals surface area contributed by atoms with Gasteiger partial charge >= 0.3 is 11.9 Å². The minimum absolute atomic E-state index is 0.202. The van der Waals surface area contributed by atoms with Gasteiger partial charge in [0.2, 0.25) is 0 Å². The van der Waals surface area contributed by atoms with E-state index in [4.69, 9.17) is 9.47 Å². The maximum Gasteiger partial charge on any atom is 0.350 e. The Labute approximate surface area is 167 Å². The molecule has 0 aliphatic rings. The molecular weight excluding hydrogens is 381 g/mol. The fraction of sp³-hybridized carbons (Fsp3) is 0.286. The first-order valence-electron chi connectivity index (χ1n) is 8.77. The van der Waals surface area contributed by atoms with Crippen LogP contribution in [0.15, 0.2) is 48.5 Å². The number of methoxy groups -OCH3 is 1. The van der Waals surface area contributed by atoms with Crippen LogP contribution in [0.5, 0.6) is 5.75 Å². The molecular formula is C21H22FNO6. The molecule has 0 aliphatic heterocycles. The predicted molar refractivity (Wildman–Crippen MR) is 102 cm³/mol. The van der Waals surface area contributed by atoms with E-state index in [0.29, 0.717) is 11.3 Å². The Kier molecular flexibility index (Phi) is 7.30. The Bertz CT molecular complexity index is 862. The fourth-order valence-electron chi connectivity index (χ4n) is 2.27. The van der Waals surface area contributed by atoms with Crippen LogP contribution in [0.1, 0.15) is 29.8 Å². The molecule has 0 aliphatic carbocycles. The van der Waals surface area contributed by atoms with Gasteiger partial charge in [0.15, 0.2) is 12.2 Å². The summed E-state index contributed by atoms with van der Waals surface area (Å²) >= 11 is 0. The number of carbonyl (C=O) groups is 3. The summed E-state index contributed by atoms with van der Waals surface area (Å²) in [6.07, 6.45) is 0. The highest BCUT2D eigenvalue weighted by atomic mass is 19.1. The maximum absolute atomic E-state index is 12.9. The van der Waals surface area contributed by atoms with Crippen molar-refractivity contribution in [2.24, 2.45) is 0 Å². The van der Waals surface area contributed by atoms with Crippen molar-refractivity contribution in [3.63, 3.8) is 0 Å². The average molecular weight is 403 g/mol. The summed E-state index contributed by atoms with van der Waals surface area (Å²) in [5.41, 5.74) is -0.195. The van der Waals surface area contributed by atoms with Gasteiger partial charge in [-0.05, 0) is 55.8 Å². The van der Waals surface area contributed by atoms with Gasteiger partial charge in [-0.2, -0.15) is 0 Å². The Hall–Kier alpha value is -3.42. The molecule has 8 heteroatoms. The standard InChI is InChI=1S/C21H22FNO6/c1-21(2,29-17-10-8-16(22)9-11-17)20(26)28-13-18(24)23-12-14-4-6-15(7-5-14)19(25)27-3/h4-11H,12-13H2,1-3H3,(H,23,24). The third kappa shape index (κ3) is 6.60. The first kappa shape index (κ1) is 21.9. The SMILES string of the molecule is COC(=O)c1ccc(CNC(=O)COC(=O)C(C)(C)Oc2ccc(F)cc2)cc1. The normalized spacial score (nSPS) is 10.8. The lowest BCUT2D eigenvalue weighted by atomic mass is 10.1. The minimum atomic E-state index is -1.36. The van der Waals surface area contributed by atoms with Crippen LogP contribution in [0.2, 0.25) is 0 Å². The van der Waals surface area contributed by atoms with Gasteiger partial charge in [-0.1, -0.05) is 12.1 Å². The van der Waals surface area contributed by atoms with E-state index in [0.717, 1.165) is 5.56 Å². The molecule has 0 atom stereocenters. The molecule has 7 nitrogen and oxygen atoms in total. The van der Waals surface area contributed by atoms with E-state index in [2.05, 4.69) is 10.1 Å². The second-order valence-corrected chi connectivity index (χ2v) is 6.61. The molecule has 2 aromatic carbocycles. The highest BCUT2D eigenvalue weighted by Crippen LogP contribution is 2.19. The summed E-state index contributed by atoms with van der Waals surface area (Å²) in [6.45, 7) is 2.70. The zero-order valence-corrected chi connectivity index (χ0v) is 16.4. The zero-order chi connectivity index (χ0) is 21.4. The first-order valence-corrected chi connectivity index (χ1v) is 8.77. The van der Waals surface area contributed by atoms with Gasteiger partial charge in [0.1, 0.15) is 11.6 Å². The fourth-order valence-corrected chi connectivity index (χ4v) is 2.27. The molecule has 154 valence electrons. The monoisotopic (exact) mass is 403 g/mol. The van der Waals surface area contributed by atoms with Crippen LogP contribution in [-0.2, 0) is 25.6 Å². The summed E-state index contributed by atoms with van der Waals surface area (Å²) in [5, 5.41) is 2.61. The van der Waals surface area contributed by atoms with E-state index in [-0.39, 0.29) is 6.54 Å². The average Bonchev–Trinajstić information content (AvgIpc) is 2.71. The lowest BCUT2D eigenvalue weighted by Gasteiger charge is -2.24. The number of rotatable bonds is 8. The van der Waals surface area contributed by atoms with Gasteiger partial charge in [-0.3, -0.25) is 4.79 Å². The minimum Gasteiger partial charge on any atom is -0.476 e.